The van der Waals surface area contributed by atoms with Gasteiger partial charge in [-0.2, -0.15) is 0 Å². The molecule has 3 rings (SSSR count). The van der Waals surface area contributed by atoms with Crippen LogP contribution in [0.4, 0.5) is 10.5 Å². The van der Waals surface area contributed by atoms with Crippen LogP contribution in [0.3, 0.4) is 0 Å². The Labute approximate surface area is 151 Å². The van der Waals surface area contributed by atoms with Crippen molar-refractivity contribution >= 4 is 35.1 Å². The predicted octanol–water partition coefficient (Wildman–Crippen LogP) is 1.32. The van der Waals surface area contributed by atoms with E-state index in [-0.39, 0.29) is 30.9 Å². The minimum Gasteiger partial charge on any atom is -0.368 e. The van der Waals surface area contributed by atoms with Crippen molar-refractivity contribution in [1.82, 2.24) is 15.1 Å². The highest BCUT2D eigenvalue weighted by Gasteiger charge is 2.35. The molecule has 2 heterocycles. The molecule has 0 aromatic heterocycles. The Kier molecular flexibility index (Phi) is 5.13. The Bertz CT molecular complexity index is 696. The average Bonchev–Trinajstić information content (AvgIpc) is 2.82. The van der Waals surface area contributed by atoms with Gasteiger partial charge in [0, 0.05) is 26.2 Å². The molecule has 1 aromatic rings. The molecule has 4 amide bonds. The number of piperidine rings is 1. The maximum absolute atomic E-state index is 12.3. The third-order valence-electron chi connectivity index (χ3n) is 4.51. The van der Waals surface area contributed by atoms with Gasteiger partial charge in [0.25, 0.3) is 5.91 Å². The maximum atomic E-state index is 12.3. The highest BCUT2D eigenvalue weighted by atomic mass is 35.5. The zero-order valence-electron chi connectivity index (χ0n) is 14.1. The number of nitrogens with zero attached hydrogens (tertiary/aromatic N) is 3. The largest absolute Gasteiger partial charge is 0.368 e. The number of nitrogens with one attached hydrogen (secondary N) is 1. The highest BCUT2D eigenvalue weighted by Crippen LogP contribution is 2.27. The number of para-hydroxylation sites is 1. The molecule has 0 aliphatic carbocycles. The van der Waals surface area contributed by atoms with Gasteiger partial charge < -0.3 is 15.1 Å². The van der Waals surface area contributed by atoms with Gasteiger partial charge in [0.1, 0.15) is 13.1 Å². The summed E-state index contributed by atoms with van der Waals surface area (Å²) in [4.78, 5) is 40.3. The first-order valence-corrected chi connectivity index (χ1v) is 8.68. The molecule has 2 aliphatic heterocycles. The van der Waals surface area contributed by atoms with Gasteiger partial charge in [0.05, 0.1) is 10.7 Å². The Morgan fingerprint density at radius 3 is 2.76 bits per heavy atom. The molecule has 0 spiro atoms. The van der Waals surface area contributed by atoms with E-state index in [0.29, 0.717) is 11.6 Å². The van der Waals surface area contributed by atoms with Crippen LogP contribution in [0.5, 0.6) is 0 Å². The molecule has 0 saturated carbocycles. The van der Waals surface area contributed by atoms with E-state index in [9.17, 15) is 14.4 Å². The van der Waals surface area contributed by atoms with Crippen LogP contribution < -0.4 is 10.2 Å². The van der Waals surface area contributed by atoms with E-state index in [0.717, 1.165) is 30.0 Å². The molecule has 1 N–H and O–H groups in total. The summed E-state index contributed by atoms with van der Waals surface area (Å²) in [5.74, 6) is -0.660. The summed E-state index contributed by atoms with van der Waals surface area (Å²) in [6.45, 7) is 1.32. The number of benzene rings is 1. The van der Waals surface area contributed by atoms with Crippen LogP contribution in [0.2, 0.25) is 5.02 Å². The second-order valence-electron chi connectivity index (χ2n) is 6.42. The van der Waals surface area contributed by atoms with Crippen molar-refractivity contribution < 1.29 is 14.4 Å². The number of imide groups is 1. The van der Waals surface area contributed by atoms with Gasteiger partial charge in [-0.1, -0.05) is 23.7 Å². The second kappa shape index (κ2) is 7.31. The number of halogens is 1. The lowest BCUT2D eigenvalue weighted by molar-refractivity contribution is -0.131. The molecular formula is C17H21ClN4O3. The summed E-state index contributed by atoms with van der Waals surface area (Å²) in [6.07, 6.45) is 1.79. The van der Waals surface area contributed by atoms with Crippen molar-refractivity contribution in [2.24, 2.45) is 0 Å². The number of hydrogen-bond acceptors (Lipinski definition) is 4. The predicted molar refractivity (Wildman–Crippen MR) is 94.6 cm³/mol. The Morgan fingerprint density at radius 1 is 1.32 bits per heavy atom. The average molecular weight is 365 g/mol. The van der Waals surface area contributed by atoms with Crippen LogP contribution in [0.25, 0.3) is 0 Å². The van der Waals surface area contributed by atoms with E-state index < -0.39 is 6.03 Å². The first-order chi connectivity index (χ1) is 12.0. The minimum atomic E-state index is -0.429. The van der Waals surface area contributed by atoms with Gasteiger partial charge in [0.2, 0.25) is 5.91 Å². The molecule has 25 heavy (non-hydrogen) atoms. The first kappa shape index (κ1) is 17.5. The van der Waals surface area contributed by atoms with Crippen LogP contribution in [-0.2, 0) is 9.59 Å². The van der Waals surface area contributed by atoms with Crippen molar-refractivity contribution in [3.05, 3.63) is 29.3 Å². The molecular weight excluding hydrogens is 344 g/mol. The third-order valence-corrected chi connectivity index (χ3v) is 4.83. The van der Waals surface area contributed by atoms with E-state index in [1.165, 1.54) is 4.90 Å². The number of carbonyl (C=O) groups is 3. The van der Waals surface area contributed by atoms with E-state index >= 15 is 0 Å². The van der Waals surface area contributed by atoms with Gasteiger partial charge >= 0.3 is 6.03 Å². The molecule has 0 radical (unpaired) electrons. The maximum Gasteiger partial charge on any atom is 0.327 e. The van der Waals surface area contributed by atoms with Crippen LogP contribution in [-0.4, -0.2) is 66.9 Å². The Balaban J connectivity index is 1.57. The van der Waals surface area contributed by atoms with E-state index in [2.05, 4.69) is 10.2 Å². The number of anilines is 1. The summed E-state index contributed by atoms with van der Waals surface area (Å²) in [5, 5.41) is 3.62. The second-order valence-corrected chi connectivity index (χ2v) is 6.83. The number of amides is 4. The first-order valence-electron chi connectivity index (χ1n) is 8.30. The van der Waals surface area contributed by atoms with Crippen LogP contribution >= 0.6 is 11.6 Å². The van der Waals surface area contributed by atoms with Gasteiger partial charge in [0.15, 0.2) is 0 Å². The smallest absolute Gasteiger partial charge is 0.327 e. The molecule has 0 bridgehead atoms. The van der Waals surface area contributed by atoms with Crippen LogP contribution in [0.15, 0.2) is 24.3 Å². The van der Waals surface area contributed by atoms with Crippen molar-refractivity contribution in [2.75, 3.05) is 38.1 Å². The standard InChI is InChI=1S/C17H21ClN4O3/c1-20-11-16(24)22(17(20)25)10-15(23)19-12-5-4-8-21(9-12)14-7-3-2-6-13(14)18/h2-3,6-7,12H,4-5,8-11H2,1H3,(H,19,23). The van der Waals surface area contributed by atoms with Crippen molar-refractivity contribution in [3.8, 4) is 0 Å². The molecule has 1 atom stereocenters. The van der Waals surface area contributed by atoms with Crippen molar-refractivity contribution in [2.45, 2.75) is 18.9 Å². The summed E-state index contributed by atoms with van der Waals surface area (Å²) < 4.78 is 0. The normalized spacial score (nSPS) is 21.0. The number of hydrogen-bond donors (Lipinski definition) is 1. The molecule has 1 aromatic carbocycles. The van der Waals surface area contributed by atoms with E-state index in [1.54, 1.807) is 7.05 Å². The summed E-state index contributed by atoms with van der Waals surface area (Å²) >= 11 is 6.25. The number of carbonyl (C=O) groups excluding carboxylic acids is 3. The fourth-order valence-corrected chi connectivity index (χ4v) is 3.52. The SMILES string of the molecule is CN1CC(=O)N(CC(=O)NC2CCCN(c3ccccc3Cl)C2)C1=O. The summed E-state index contributed by atoms with van der Waals surface area (Å²) in [6, 6.07) is 7.16. The monoisotopic (exact) mass is 364 g/mol. The van der Waals surface area contributed by atoms with Gasteiger partial charge in [-0.25, -0.2) is 4.79 Å². The number of likely N-dealkylation sites (N-methyl/N-ethyl adjacent to an activating group) is 1. The topological polar surface area (TPSA) is 73.0 Å². The zero-order valence-corrected chi connectivity index (χ0v) is 14.8. The van der Waals surface area contributed by atoms with Crippen molar-refractivity contribution in [1.29, 1.82) is 0 Å². The van der Waals surface area contributed by atoms with E-state index in [4.69, 9.17) is 11.6 Å². The summed E-state index contributed by atoms with van der Waals surface area (Å²) in [7, 11) is 1.54. The van der Waals surface area contributed by atoms with Crippen molar-refractivity contribution in [3.63, 3.8) is 0 Å². The quantitative estimate of drug-likeness (QED) is 0.818. The van der Waals surface area contributed by atoms with Gasteiger partial charge in [-0.15, -0.1) is 0 Å². The fourth-order valence-electron chi connectivity index (χ4n) is 3.26. The number of rotatable bonds is 4. The third kappa shape index (κ3) is 3.87. The molecule has 2 aliphatic rings. The highest BCUT2D eigenvalue weighted by molar-refractivity contribution is 6.33. The van der Waals surface area contributed by atoms with Crippen LogP contribution in [0, 0.1) is 0 Å². The Hall–Kier alpha value is -2.28. The molecule has 7 nitrogen and oxygen atoms in total. The minimum absolute atomic E-state index is 0.0236. The lowest BCUT2D eigenvalue weighted by Crippen LogP contribution is -2.50. The Morgan fingerprint density at radius 2 is 2.08 bits per heavy atom. The molecule has 2 saturated heterocycles. The number of urea groups is 1. The zero-order chi connectivity index (χ0) is 18.0. The van der Waals surface area contributed by atoms with Crippen LogP contribution in [0.1, 0.15) is 12.8 Å². The fraction of sp³-hybridized carbons (Fsp3) is 0.471. The molecule has 8 heteroatoms. The molecule has 2 fully saturated rings. The molecule has 134 valence electrons. The van der Waals surface area contributed by atoms with Gasteiger partial charge in [-0.05, 0) is 25.0 Å². The molecule has 1 unspecified atom stereocenters. The summed E-state index contributed by atoms with van der Waals surface area (Å²) in [5.41, 5.74) is 0.953. The lowest BCUT2D eigenvalue weighted by atomic mass is 10.0. The van der Waals surface area contributed by atoms with E-state index in [1.807, 2.05) is 24.3 Å². The lowest BCUT2D eigenvalue weighted by Gasteiger charge is -2.35. The van der Waals surface area contributed by atoms with Gasteiger partial charge in [-0.3, -0.25) is 14.5 Å².